The number of carbonyl (C=O) groups excluding carboxylic acids is 1. The van der Waals surface area contributed by atoms with E-state index in [1.165, 1.54) is 0 Å². The van der Waals surface area contributed by atoms with E-state index in [0.29, 0.717) is 30.7 Å². The Kier molecular flexibility index (Phi) is 7.02. The molecule has 0 fully saturated rings. The molecule has 0 saturated carbocycles. The van der Waals surface area contributed by atoms with Crippen LogP contribution in [-0.2, 0) is 18.3 Å². The van der Waals surface area contributed by atoms with Gasteiger partial charge in [-0.15, -0.1) is 0 Å². The molecule has 0 aliphatic carbocycles. The first kappa shape index (κ1) is 19.4. The normalized spacial score (nSPS) is 13.2. The van der Waals surface area contributed by atoms with Crippen LogP contribution in [0.1, 0.15) is 40.2 Å². The van der Waals surface area contributed by atoms with Crippen LogP contribution in [-0.4, -0.2) is 34.6 Å². The molecule has 0 spiro atoms. The summed E-state index contributed by atoms with van der Waals surface area (Å²) in [6, 6.07) is 0. The molecule has 1 amide bonds. The molecule has 7 nitrogen and oxygen atoms in total. The van der Waals surface area contributed by atoms with Gasteiger partial charge in [0.2, 0.25) is 0 Å². The van der Waals surface area contributed by atoms with Crippen molar-refractivity contribution in [3.8, 4) is 0 Å². The van der Waals surface area contributed by atoms with Crippen LogP contribution in [0.5, 0.6) is 0 Å². The average molecular weight is 325 g/mol. The molecule has 1 atom stereocenters. The summed E-state index contributed by atoms with van der Waals surface area (Å²) < 4.78 is 6.91. The number of nitrogens with zero attached hydrogens (tertiary/aromatic N) is 2. The van der Waals surface area contributed by atoms with E-state index in [0.717, 1.165) is 12.1 Å². The van der Waals surface area contributed by atoms with Gasteiger partial charge >= 0.3 is 6.09 Å². The maximum absolute atomic E-state index is 11.9. The highest BCUT2D eigenvalue weighted by Crippen LogP contribution is 2.16. The molecule has 0 bridgehead atoms. The van der Waals surface area contributed by atoms with Crippen LogP contribution in [0.3, 0.4) is 0 Å². The number of hydrogen-bond donors (Lipinski definition) is 3. The third-order valence-electron chi connectivity index (χ3n) is 3.60. The Labute approximate surface area is 138 Å². The molecule has 0 saturated heterocycles. The van der Waals surface area contributed by atoms with E-state index in [4.69, 9.17) is 10.5 Å². The van der Waals surface area contributed by atoms with Crippen LogP contribution in [0.2, 0.25) is 0 Å². The van der Waals surface area contributed by atoms with Gasteiger partial charge in [0.25, 0.3) is 0 Å². The zero-order valence-electron chi connectivity index (χ0n) is 15.1. The molecule has 1 heterocycles. The van der Waals surface area contributed by atoms with Crippen molar-refractivity contribution >= 4 is 11.9 Å². The Morgan fingerprint density at radius 3 is 2.61 bits per heavy atom. The van der Waals surface area contributed by atoms with Crippen molar-refractivity contribution in [3.63, 3.8) is 0 Å². The molecular formula is C16H31N5O2. The predicted molar refractivity (Wildman–Crippen MR) is 92.2 cm³/mol. The molecule has 0 aromatic carbocycles. The highest BCUT2D eigenvalue weighted by atomic mass is 16.6. The Hall–Kier alpha value is -1.60. The van der Waals surface area contributed by atoms with Crippen molar-refractivity contribution in [2.45, 2.75) is 46.8 Å². The first-order valence-electron chi connectivity index (χ1n) is 8.05. The summed E-state index contributed by atoms with van der Waals surface area (Å²) >= 11 is 0. The largest absolute Gasteiger partial charge is 0.444 e. The third kappa shape index (κ3) is 6.58. The van der Waals surface area contributed by atoms with Crippen molar-refractivity contribution in [1.29, 1.82) is 0 Å². The van der Waals surface area contributed by atoms with Crippen molar-refractivity contribution in [1.82, 2.24) is 15.1 Å². The van der Waals surface area contributed by atoms with Crippen LogP contribution < -0.4 is 16.4 Å². The van der Waals surface area contributed by atoms with Crippen molar-refractivity contribution in [3.05, 3.63) is 11.8 Å². The number of ether oxygens (including phenoxy) is 1. The summed E-state index contributed by atoms with van der Waals surface area (Å²) in [4.78, 5) is 11.9. The van der Waals surface area contributed by atoms with Gasteiger partial charge in [-0.05, 0) is 45.7 Å². The second kappa shape index (κ2) is 8.31. The summed E-state index contributed by atoms with van der Waals surface area (Å²) in [5.74, 6) is 1.59. The predicted octanol–water partition coefficient (Wildman–Crippen LogP) is 2.09. The van der Waals surface area contributed by atoms with E-state index in [1.807, 2.05) is 20.8 Å². The number of nitrogens with one attached hydrogen (secondary N) is 2. The lowest BCUT2D eigenvalue weighted by Crippen LogP contribution is -2.32. The maximum Gasteiger partial charge on any atom is 0.413 e. The molecule has 1 rings (SSSR count). The Bertz CT molecular complexity index is 505. The van der Waals surface area contributed by atoms with Gasteiger partial charge in [0, 0.05) is 19.2 Å². The molecule has 0 radical (unpaired) electrons. The van der Waals surface area contributed by atoms with Gasteiger partial charge in [0.1, 0.15) is 11.4 Å². The van der Waals surface area contributed by atoms with Gasteiger partial charge in [0.15, 0.2) is 0 Å². The second-order valence-electron chi connectivity index (χ2n) is 7.14. The fourth-order valence-corrected chi connectivity index (χ4v) is 2.16. The van der Waals surface area contributed by atoms with Crippen LogP contribution in [0.25, 0.3) is 0 Å². The number of aromatic nitrogens is 2. The molecule has 1 unspecified atom stereocenters. The monoisotopic (exact) mass is 325 g/mol. The number of aryl methyl sites for hydroxylation is 1. The van der Waals surface area contributed by atoms with E-state index >= 15 is 0 Å². The molecule has 4 N–H and O–H groups in total. The van der Waals surface area contributed by atoms with E-state index < -0.39 is 11.7 Å². The molecule has 0 aliphatic heterocycles. The number of hydrogen-bond acceptors (Lipinski definition) is 5. The van der Waals surface area contributed by atoms with Gasteiger partial charge in [0.05, 0.1) is 6.20 Å². The Morgan fingerprint density at radius 1 is 1.43 bits per heavy atom. The van der Waals surface area contributed by atoms with Crippen LogP contribution >= 0.6 is 0 Å². The summed E-state index contributed by atoms with van der Waals surface area (Å²) in [5, 5.41) is 10.3. The standard InChI is InChI=1S/C16H31N5O2/c1-11(2)12(7-17)8-18-9-13-10-19-21(6)14(13)20-15(22)23-16(3,4)5/h10-12,18H,7-9,17H2,1-6H3,(H,20,22). The number of nitrogens with two attached hydrogens (primary N) is 1. The van der Waals surface area contributed by atoms with Gasteiger partial charge in [-0.1, -0.05) is 13.8 Å². The first-order chi connectivity index (χ1) is 10.6. The maximum atomic E-state index is 11.9. The first-order valence-corrected chi connectivity index (χ1v) is 8.05. The van der Waals surface area contributed by atoms with Gasteiger partial charge in [-0.25, -0.2) is 4.79 Å². The zero-order valence-corrected chi connectivity index (χ0v) is 15.1. The van der Waals surface area contributed by atoms with Crippen molar-refractivity contribution < 1.29 is 9.53 Å². The van der Waals surface area contributed by atoms with Gasteiger partial charge in [-0.3, -0.25) is 10.00 Å². The van der Waals surface area contributed by atoms with E-state index in [2.05, 4.69) is 29.6 Å². The fraction of sp³-hybridized carbons (Fsp3) is 0.750. The number of carbonyl (C=O) groups is 1. The highest BCUT2D eigenvalue weighted by Gasteiger charge is 2.19. The zero-order chi connectivity index (χ0) is 17.6. The topological polar surface area (TPSA) is 94.2 Å². The second-order valence-corrected chi connectivity index (χ2v) is 7.14. The van der Waals surface area contributed by atoms with Gasteiger partial charge < -0.3 is 15.8 Å². The average Bonchev–Trinajstić information content (AvgIpc) is 2.73. The minimum Gasteiger partial charge on any atom is -0.444 e. The SMILES string of the molecule is CC(C)C(CN)CNCc1cnn(C)c1NC(=O)OC(C)(C)C. The highest BCUT2D eigenvalue weighted by molar-refractivity contribution is 5.84. The third-order valence-corrected chi connectivity index (χ3v) is 3.60. The van der Waals surface area contributed by atoms with Gasteiger partial charge in [-0.2, -0.15) is 5.10 Å². The molecule has 1 aromatic rings. The molecule has 132 valence electrons. The molecule has 23 heavy (non-hydrogen) atoms. The quantitative estimate of drug-likeness (QED) is 0.713. The Morgan fingerprint density at radius 2 is 2.09 bits per heavy atom. The molecule has 0 aliphatic rings. The van der Waals surface area contributed by atoms with Crippen LogP contribution in [0, 0.1) is 11.8 Å². The van der Waals surface area contributed by atoms with Crippen LogP contribution in [0.15, 0.2) is 6.20 Å². The fourth-order valence-electron chi connectivity index (χ4n) is 2.16. The van der Waals surface area contributed by atoms with E-state index in [-0.39, 0.29) is 0 Å². The minimum absolute atomic E-state index is 0.425. The summed E-state index contributed by atoms with van der Waals surface area (Å²) in [5.41, 5.74) is 6.16. The van der Waals surface area contributed by atoms with Crippen LogP contribution in [0.4, 0.5) is 10.6 Å². The number of amides is 1. The van der Waals surface area contributed by atoms with Crippen molar-refractivity contribution in [2.75, 3.05) is 18.4 Å². The smallest absolute Gasteiger partial charge is 0.413 e. The van der Waals surface area contributed by atoms with Crippen molar-refractivity contribution in [2.24, 2.45) is 24.6 Å². The summed E-state index contributed by atoms with van der Waals surface area (Å²) in [6.45, 7) is 11.9. The molecular weight excluding hydrogens is 294 g/mol. The van der Waals surface area contributed by atoms with E-state index in [9.17, 15) is 4.79 Å². The minimum atomic E-state index is -0.535. The summed E-state index contributed by atoms with van der Waals surface area (Å²) in [6.07, 6.45) is 1.26. The Balaban J connectivity index is 2.63. The number of rotatable bonds is 7. The van der Waals surface area contributed by atoms with E-state index in [1.54, 1.807) is 17.9 Å². The lowest BCUT2D eigenvalue weighted by molar-refractivity contribution is 0.0634. The number of anilines is 1. The lowest BCUT2D eigenvalue weighted by atomic mass is 9.96. The molecule has 7 heteroatoms. The lowest BCUT2D eigenvalue weighted by Gasteiger charge is -2.21. The molecule has 1 aromatic heterocycles. The summed E-state index contributed by atoms with van der Waals surface area (Å²) in [7, 11) is 1.78.